The van der Waals surface area contributed by atoms with Gasteiger partial charge in [0.1, 0.15) is 11.8 Å². The van der Waals surface area contributed by atoms with E-state index in [0.29, 0.717) is 12.1 Å². The summed E-state index contributed by atoms with van der Waals surface area (Å²) in [7, 11) is 0. The van der Waals surface area contributed by atoms with E-state index in [9.17, 15) is 4.79 Å². The molecule has 2 heterocycles. The summed E-state index contributed by atoms with van der Waals surface area (Å²) >= 11 is 5.04. The number of nitrogens with one attached hydrogen (secondary N) is 1. The number of halogens is 1. The highest BCUT2D eigenvalue weighted by Gasteiger charge is 2.06. The summed E-state index contributed by atoms with van der Waals surface area (Å²) in [4.78, 5) is 16.9. The van der Waals surface area contributed by atoms with E-state index in [1.54, 1.807) is 17.4 Å². The lowest BCUT2D eigenvalue weighted by Crippen LogP contribution is -2.25. The fraction of sp³-hybridized carbons (Fsp3) is 0.154. The molecule has 1 N–H and O–H groups in total. The second-order valence-corrected chi connectivity index (χ2v) is 5.69. The fourth-order valence-electron chi connectivity index (χ4n) is 1.52. The molecule has 96 valence electrons. The Kier molecular flexibility index (Phi) is 4.66. The number of hydrogen-bond acceptors (Lipinski definition) is 4. The van der Waals surface area contributed by atoms with E-state index in [1.807, 2.05) is 17.5 Å². The molecule has 0 saturated carbocycles. The lowest BCUT2D eigenvalue weighted by Gasteiger charge is -2.04. The van der Waals surface area contributed by atoms with Crippen LogP contribution in [0.25, 0.3) is 0 Å². The van der Waals surface area contributed by atoms with Gasteiger partial charge in [-0.15, -0.1) is 11.3 Å². The van der Waals surface area contributed by atoms with Crippen molar-refractivity contribution in [3.05, 3.63) is 50.4 Å². The van der Waals surface area contributed by atoms with E-state index in [2.05, 4.69) is 26.2 Å². The van der Waals surface area contributed by atoms with Crippen molar-refractivity contribution in [1.29, 1.82) is 5.26 Å². The summed E-state index contributed by atoms with van der Waals surface area (Å²) in [6, 6.07) is 7.03. The summed E-state index contributed by atoms with van der Waals surface area (Å²) in [6.45, 7) is 0.565. The summed E-state index contributed by atoms with van der Waals surface area (Å²) in [5, 5.41) is 13.6. The normalized spacial score (nSPS) is 9.89. The molecule has 0 aliphatic carbocycles. The van der Waals surface area contributed by atoms with Gasteiger partial charge in [0, 0.05) is 33.0 Å². The average molecular weight is 336 g/mol. The smallest absolute Gasteiger partial charge is 0.251 e. The van der Waals surface area contributed by atoms with Crippen molar-refractivity contribution in [2.75, 3.05) is 6.54 Å². The van der Waals surface area contributed by atoms with Crippen molar-refractivity contribution >= 4 is 33.2 Å². The van der Waals surface area contributed by atoms with Crippen LogP contribution < -0.4 is 5.32 Å². The Morgan fingerprint density at radius 1 is 1.53 bits per heavy atom. The molecule has 2 aromatic rings. The highest BCUT2D eigenvalue weighted by molar-refractivity contribution is 9.10. The molecule has 0 saturated heterocycles. The molecular weight excluding hydrogens is 326 g/mol. The number of carbonyl (C=O) groups excluding carboxylic acids is 1. The molecule has 0 unspecified atom stereocenters. The molecule has 0 aromatic carbocycles. The largest absolute Gasteiger partial charge is 0.352 e. The highest BCUT2D eigenvalue weighted by Crippen LogP contribution is 2.19. The zero-order valence-corrected chi connectivity index (χ0v) is 12.3. The molecule has 4 nitrogen and oxygen atoms in total. The van der Waals surface area contributed by atoms with E-state index in [-0.39, 0.29) is 11.6 Å². The van der Waals surface area contributed by atoms with Crippen LogP contribution in [0, 0.1) is 11.3 Å². The molecule has 6 heteroatoms. The molecule has 0 aliphatic rings. The maximum atomic E-state index is 11.9. The van der Waals surface area contributed by atoms with Crippen LogP contribution in [-0.4, -0.2) is 17.4 Å². The van der Waals surface area contributed by atoms with Gasteiger partial charge in [0.05, 0.1) is 0 Å². The van der Waals surface area contributed by atoms with Crippen LogP contribution in [0.3, 0.4) is 0 Å². The van der Waals surface area contributed by atoms with Crippen molar-refractivity contribution < 1.29 is 4.79 Å². The second-order valence-electron chi connectivity index (χ2n) is 3.78. The van der Waals surface area contributed by atoms with Gasteiger partial charge in [-0.25, -0.2) is 4.98 Å². The van der Waals surface area contributed by atoms with Gasteiger partial charge in [0.15, 0.2) is 0 Å². The van der Waals surface area contributed by atoms with Crippen LogP contribution in [0.4, 0.5) is 0 Å². The Balaban J connectivity index is 1.89. The summed E-state index contributed by atoms with van der Waals surface area (Å²) < 4.78 is 1.06. The third-order valence-electron chi connectivity index (χ3n) is 2.42. The Bertz CT molecular complexity index is 633. The SMILES string of the molecule is N#Cc1cc(C(=O)NCCc2cc(Br)cs2)ccn1. The lowest BCUT2D eigenvalue weighted by molar-refractivity contribution is 0.0954. The van der Waals surface area contributed by atoms with Gasteiger partial charge < -0.3 is 5.32 Å². The molecule has 1 amide bonds. The van der Waals surface area contributed by atoms with E-state index in [0.717, 1.165) is 10.9 Å². The van der Waals surface area contributed by atoms with Crippen LogP contribution in [0.1, 0.15) is 20.9 Å². The first-order chi connectivity index (χ1) is 9.19. The average Bonchev–Trinajstić information content (AvgIpc) is 2.84. The van der Waals surface area contributed by atoms with Crippen molar-refractivity contribution in [3.8, 4) is 6.07 Å². The van der Waals surface area contributed by atoms with Crippen molar-refractivity contribution in [3.63, 3.8) is 0 Å². The van der Waals surface area contributed by atoms with E-state index >= 15 is 0 Å². The van der Waals surface area contributed by atoms with E-state index in [4.69, 9.17) is 5.26 Å². The molecule has 2 rings (SSSR count). The second kappa shape index (κ2) is 6.45. The molecule has 0 radical (unpaired) electrons. The maximum absolute atomic E-state index is 11.9. The Labute approximate surface area is 123 Å². The van der Waals surface area contributed by atoms with Crippen LogP contribution in [-0.2, 0) is 6.42 Å². The molecule has 2 aromatic heterocycles. The third kappa shape index (κ3) is 3.88. The predicted octanol–water partition coefficient (Wildman–Crippen LogP) is 2.75. The quantitative estimate of drug-likeness (QED) is 0.934. The standard InChI is InChI=1S/C13H10BrN3OS/c14-10-6-12(19-8-10)2-4-17-13(18)9-1-3-16-11(5-9)7-15/h1,3,5-6,8H,2,4H2,(H,17,18). The number of amides is 1. The van der Waals surface area contributed by atoms with Crippen LogP contribution in [0.15, 0.2) is 34.2 Å². The first kappa shape index (κ1) is 13.7. The molecule has 19 heavy (non-hydrogen) atoms. The number of carbonyl (C=O) groups is 1. The fourth-order valence-corrected chi connectivity index (χ4v) is 2.97. The maximum Gasteiger partial charge on any atom is 0.251 e. The predicted molar refractivity (Wildman–Crippen MR) is 77.0 cm³/mol. The van der Waals surface area contributed by atoms with E-state index in [1.165, 1.54) is 17.1 Å². The highest BCUT2D eigenvalue weighted by atomic mass is 79.9. The number of nitrogens with zero attached hydrogens (tertiary/aromatic N) is 2. The minimum Gasteiger partial charge on any atom is -0.352 e. The first-order valence-electron chi connectivity index (χ1n) is 5.56. The summed E-state index contributed by atoms with van der Waals surface area (Å²) in [5.41, 5.74) is 0.703. The zero-order valence-electron chi connectivity index (χ0n) is 9.89. The van der Waals surface area contributed by atoms with Gasteiger partial charge in [-0.1, -0.05) is 0 Å². The monoisotopic (exact) mass is 335 g/mol. The lowest BCUT2D eigenvalue weighted by atomic mass is 10.2. The Morgan fingerprint density at radius 3 is 3.05 bits per heavy atom. The van der Waals surface area contributed by atoms with Crippen LogP contribution in [0.5, 0.6) is 0 Å². The van der Waals surface area contributed by atoms with Crippen molar-refractivity contribution in [1.82, 2.24) is 10.3 Å². The number of nitriles is 1. The minimum absolute atomic E-state index is 0.186. The summed E-state index contributed by atoms with van der Waals surface area (Å²) in [5.74, 6) is -0.186. The number of rotatable bonds is 4. The molecule has 0 bridgehead atoms. The molecule has 0 aliphatic heterocycles. The third-order valence-corrected chi connectivity index (χ3v) is 4.17. The van der Waals surface area contributed by atoms with Crippen molar-refractivity contribution in [2.45, 2.75) is 6.42 Å². The van der Waals surface area contributed by atoms with Gasteiger partial charge in [-0.2, -0.15) is 5.26 Å². The molecule has 0 spiro atoms. The molecule has 0 atom stereocenters. The first-order valence-corrected chi connectivity index (χ1v) is 7.23. The van der Waals surface area contributed by atoms with Crippen molar-refractivity contribution in [2.24, 2.45) is 0 Å². The van der Waals surface area contributed by atoms with Gasteiger partial charge in [-0.3, -0.25) is 4.79 Å². The molecule has 0 fully saturated rings. The zero-order chi connectivity index (χ0) is 13.7. The van der Waals surface area contributed by atoms with Gasteiger partial charge in [-0.05, 0) is 40.5 Å². The number of thiophene rings is 1. The van der Waals surface area contributed by atoms with Gasteiger partial charge in [0.25, 0.3) is 5.91 Å². The Morgan fingerprint density at radius 2 is 2.37 bits per heavy atom. The summed E-state index contributed by atoms with van der Waals surface area (Å²) in [6.07, 6.45) is 2.25. The Hall–Kier alpha value is -1.71. The number of aromatic nitrogens is 1. The topological polar surface area (TPSA) is 65.8 Å². The minimum atomic E-state index is -0.186. The van der Waals surface area contributed by atoms with Crippen LogP contribution in [0.2, 0.25) is 0 Å². The number of pyridine rings is 1. The number of hydrogen-bond donors (Lipinski definition) is 1. The molecular formula is C13H10BrN3OS. The van der Waals surface area contributed by atoms with E-state index < -0.39 is 0 Å². The van der Waals surface area contributed by atoms with Gasteiger partial charge in [0.2, 0.25) is 0 Å². The van der Waals surface area contributed by atoms with Gasteiger partial charge >= 0.3 is 0 Å². The van der Waals surface area contributed by atoms with Crippen LogP contribution >= 0.6 is 27.3 Å².